The first-order chi connectivity index (χ1) is 10.9. The lowest BCUT2D eigenvalue weighted by Crippen LogP contribution is -2.47. The molecule has 124 valence electrons. The van der Waals surface area contributed by atoms with Gasteiger partial charge in [0.15, 0.2) is 9.84 Å². The number of nitrogens with zero attached hydrogens (tertiary/aromatic N) is 3. The van der Waals surface area contributed by atoms with Gasteiger partial charge in [-0.15, -0.1) is 11.3 Å². The second-order valence-corrected chi connectivity index (χ2v) is 9.05. The highest BCUT2D eigenvalue weighted by Gasteiger charge is 2.37. The van der Waals surface area contributed by atoms with Crippen LogP contribution in [0, 0.1) is 0 Å². The molecule has 1 fully saturated rings. The predicted molar refractivity (Wildman–Crippen MR) is 89.0 cm³/mol. The van der Waals surface area contributed by atoms with E-state index < -0.39 is 15.9 Å². The highest BCUT2D eigenvalue weighted by Crippen LogP contribution is 2.31. The van der Waals surface area contributed by atoms with Gasteiger partial charge in [-0.05, 0) is 18.4 Å². The lowest BCUT2D eigenvalue weighted by atomic mass is 10.1. The molecule has 1 saturated heterocycles. The molecule has 0 aliphatic carbocycles. The first kappa shape index (κ1) is 16.2. The Morgan fingerprint density at radius 2 is 2.26 bits per heavy atom. The third kappa shape index (κ3) is 3.32. The summed E-state index contributed by atoms with van der Waals surface area (Å²) in [7, 11) is -1.37. The number of sulfone groups is 1. The van der Waals surface area contributed by atoms with Crippen molar-refractivity contribution in [3.8, 4) is 0 Å². The second-order valence-electron chi connectivity index (χ2n) is 5.85. The zero-order valence-corrected chi connectivity index (χ0v) is 14.7. The Morgan fingerprint density at radius 3 is 2.87 bits per heavy atom. The van der Waals surface area contributed by atoms with Crippen molar-refractivity contribution in [2.24, 2.45) is 7.05 Å². The Hall–Kier alpha value is -1.67. The van der Waals surface area contributed by atoms with Crippen molar-refractivity contribution in [3.63, 3.8) is 0 Å². The van der Waals surface area contributed by atoms with Crippen LogP contribution in [0.3, 0.4) is 0 Å². The maximum Gasteiger partial charge on any atom is 0.231 e. The van der Waals surface area contributed by atoms with Crippen LogP contribution < -0.4 is 0 Å². The molecular weight excluding hydrogens is 334 g/mol. The average molecular weight is 353 g/mol. The van der Waals surface area contributed by atoms with Crippen LogP contribution >= 0.6 is 11.3 Å². The highest BCUT2D eigenvalue weighted by molar-refractivity contribution is 7.91. The van der Waals surface area contributed by atoms with Crippen LogP contribution in [0.25, 0.3) is 0 Å². The number of hydrogen-bond donors (Lipinski definition) is 0. The number of hydrogen-bond acceptors (Lipinski definition) is 5. The van der Waals surface area contributed by atoms with Crippen LogP contribution in [0.2, 0.25) is 0 Å². The van der Waals surface area contributed by atoms with Gasteiger partial charge in [0.05, 0.1) is 29.7 Å². The molecule has 0 saturated carbocycles. The first-order valence-corrected chi connectivity index (χ1v) is 10.1. The molecule has 0 bridgehead atoms. The normalized spacial score (nSPS) is 22.0. The maximum absolute atomic E-state index is 12.9. The van der Waals surface area contributed by atoms with Crippen molar-refractivity contribution in [2.75, 3.05) is 18.1 Å². The van der Waals surface area contributed by atoms with Gasteiger partial charge in [-0.2, -0.15) is 5.10 Å². The van der Waals surface area contributed by atoms with Crippen molar-refractivity contribution in [3.05, 3.63) is 40.3 Å². The van der Waals surface area contributed by atoms with E-state index in [-0.39, 0.29) is 29.9 Å². The van der Waals surface area contributed by atoms with Crippen LogP contribution in [0.1, 0.15) is 29.3 Å². The van der Waals surface area contributed by atoms with Gasteiger partial charge >= 0.3 is 0 Å². The summed E-state index contributed by atoms with van der Waals surface area (Å²) in [4.78, 5) is 15.6. The molecule has 23 heavy (non-hydrogen) atoms. The lowest BCUT2D eigenvalue weighted by Gasteiger charge is -2.36. The number of thiophene rings is 1. The Kier molecular flexibility index (Phi) is 4.29. The number of aromatic nitrogens is 2. The zero-order chi connectivity index (χ0) is 16.6. The van der Waals surface area contributed by atoms with E-state index in [4.69, 9.17) is 0 Å². The monoisotopic (exact) mass is 353 g/mol. The van der Waals surface area contributed by atoms with Crippen molar-refractivity contribution in [2.45, 2.75) is 18.9 Å². The minimum Gasteiger partial charge on any atom is -0.333 e. The third-order valence-electron chi connectivity index (χ3n) is 4.16. The van der Waals surface area contributed by atoms with Crippen molar-refractivity contribution < 1.29 is 13.2 Å². The van der Waals surface area contributed by atoms with Crippen LogP contribution in [0.4, 0.5) is 0 Å². The minimum atomic E-state index is -3.15. The van der Waals surface area contributed by atoms with Crippen LogP contribution in [0.15, 0.2) is 29.9 Å². The van der Waals surface area contributed by atoms with Gasteiger partial charge in [-0.25, -0.2) is 8.42 Å². The Balaban J connectivity index is 1.90. The number of rotatable bonds is 3. The van der Waals surface area contributed by atoms with E-state index in [0.717, 1.165) is 10.4 Å². The number of carbonyl (C=O) groups is 1. The lowest BCUT2D eigenvalue weighted by molar-refractivity contribution is -0.134. The average Bonchev–Trinajstić information content (AvgIpc) is 3.16. The van der Waals surface area contributed by atoms with E-state index in [9.17, 15) is 13.2 Å². The molecule has 2 aromatic rings. The molecule has 8 heteroatoms. The zero-order valence-electron chi connectivity index (χ0n) is 13.0. The third-order valence-corrected chi connectivity index (χ3v) is 6.85. The molecule has 2 aromatic heterocycles. The quantitative estimate of drug-likeness (QED) is 0.840. The molecule has 0 aromatic carbocycles. The summed E-state index contributed by atoms with van der Waals surface area (Å²) in [6.45, 7) is 2.11. The fourth-order valence-corrected chi connectivity index (χ4v) is 5.14. The first-order valence-electron chi connectivity index (χ1n) is 7.40. The van der Waals surface area contributed by atoms with Gasteiger partial charge in [0.2, 0.25) is 5.91 Å². The molecule has 0 radical (unpaired) electrons. The van der Waals surface area contributed by atoms with E-state index in [2.05, 4.69) is 5.10 Å². The number of aryl methyl sites for hydroxylation is 1. The molecule has 6 nitrogen and oxygen atoms in total. The second kappa shape index (κ2) is 6.09. The van der Waals surface area contributed by atoms with Crippen LogP contribution in [-0.4, -0.2) is 47.1 Å². The molecule has 1 aliphatic rings. The summed E-state index contributed by atoms with van der Waals surface area (Å²) in [5, 5.41) is 6.06. The van der Waals surface area contributed by atoms with E-state index in [1.165, 1.54) is 0 Å². The van der Waals surface area contributed by atoms with Crippen LogP contribution in [0.5, 0.6) is 0 Å². The summed E-state index contributed by atoms with van der Waals surface area (Å²) < 4.78 is 25.7. The summed E-state index contributed by atoms with van der Waals surface area (Å²) in [5.41, 5.74) is 0.766. The summed E-state index contributed by atoms with van der Waals surface area (Å²) in [5.74, 6) is -0.319. The minimum absolute atomic E-state index is 0.0205. The van der Waals surface area contributed by atoms with Gasteiger partial charge < -0.3 is 4.90 Å². The smallest absolute Gasteiger partial charge is 0.231 e. The molecule has 0 unspecified atom stereocenters. The molecular formula is C15H19N3O3S2. The Labute approximate surface area is 139 Å². The van der Waals surface area contributed by atoms with E-state index in [1.807, 2.05) is 24.4 Å². The SMILES string of the molecule is C[C@@H](C(=O)N1CCS(=O)(=O)C[C@@H]1c1cnn(C)c1)c1cccs1. The van der Waals surface area contributed by atoms with Crippen molar-refractivity contribution in [1.29, 1.82) is 0 Å². The standard InChI is InChI=1S/C15H19N3O3S2/c1-11(14-4-3-6-22-14)15(19)18-5-7-23(20,21)10-13(18)12-8-16-17(2)9-12/h3-4,6,8-9,11,13H,5,7,10H2,1-2H3/t11-,13-/m1/s1. The largest absolute Gasteiger partial charge is 0.333 e. The summed E-state index contributed by atoms with van der Waals surface area (Å²) >= 11 is 1.54. The molecule has 2 atom stereocenters. The van der Waals surface area contributed by atoms with E-state index >= 15 is 0 Å². The van der Waals surface area contributed by atoms with Gasteiger partial charge in [-0.1, -0.05) is 6.07 Å². The summed E-state index contributed by atoms with van der Waals surface area (Å²) in [6, 6.07) is 3.40. The molecule has 1 amide bonds. The summed E-state index contributed by atoms with van der Waals surface area (Å²) in [6.07, 6.45) is 3.42. The van der Waals surface area contributed by atoms with Crippen LogP contribution in [-0.2, 0) is 21.7 Å². The van der Waals surface area contributed by atoms with Gasteiger partial charge in [0.25, 0.3) is 0 Å². The molecule has 1 aliphatic heterocycles. The number of amides is 1. The van der Waals surface area contributed by atoms with E-state index in [0.29, 0.717) is 0 Å². The topological polar surface area (TPSA) is 72.3 Å². The predicted octanol–water partition coefficient (Wildman–Crippen LogP) is 1.58. The fraction of sp³-hybridized carbons (Fsp3) is 0.467. The van der Waals surface area contributed by atoms with Gasteiger partial charge in [-0.3, -0.25) is 9.48 Å². The Morgan fingerprint density at radius 1 is 1.48 bits per heavy atom. The molecule has 0 spiro atoms. The van der Waals surface area contributed by atoms with Gasteiger partial charge in [0, 0.05) is 30.2 Å². The number of carbonyl (C=O) groups excluding carboxylic acids is 1. The van der Waals surface area contributed by atoms with Gasteiger partial charge in [0.1, 0.15) is 0 Å². The van der Waals surface area contributed by atoms with Crippen molar-refractivity contribution in [1.82, 2.24) is 14.7 Å². The fourth-order valence-electron chi connectivity index (χ4n) is 2.87. The molecule has 0 N–H and O–H groups in total. The molecule has 3 heterocycles. The highest BCUT2D eigenvalue weighted by atomic mass is 32.2. The Bertz CT molecular complexity index is 796. The van der Waals surface area contributed by atoms with E-state index in [1.54, 1.807) is 40.4 Å². The maximum atomic E-state index is 12.9. The molecule has 3 rings (SSSR count). The van der Waals surface area contributed by atoms with Crippen molar-refractivity contribution >= 4 is 27.1 Å².